The van der Waals surface area contributed by atoms with Gasteiger partial charge in [0.2, 0.25) is 0 Å². The minimum atomic E-state index is -4.67. The van der Waals surface area contributed by atoms with Crippen LogP contribution in [-0.2, 0) is 14.2 Å². The quantitative estimate of drug-likeness (QED) is 0.349. The standard InChI is InChI=1S/C5H9O8P/c6-3(5(9)10)2(4(7)8)1-14(11,12)13/h2-3,6H,1H2,(H,7,8)(H,9,10)(H2,11,12,13). The lowest BCUT2D eigenvalue weighted by atomic mass is 10.1. The van der Waals surface area contributed by atoms with E-state index in [0.29, 0.717) is 0 Å². The summed E-state index contributed by atoms with van der Waals surface area (Å²) in [4.78, 5) is 37.3. The van der Waals surface area contributed by atoms with Crippen LogP contribution in [0, 0.1) is 5.92 Å². The average Bonchev–Trinajstić information content (AvgIpc) is 1.96. The highest BCUT2D eigenvalue weighted by atomic mass is 31.2. The number of rotatable bonds is 5. The number of aliphatic hydroxyl groups excluding tert-OH is 1. The summed E-state index contributed by atoms with van der Waals surface area (Å²) in [5.74, 6) is -5.64. The molecule has 0 aliphatic heterocycles. The third kappa shape index (κ3) is 4.33. The smallest absolute Gasteiger partial charge is 0.333 e. The van der Waals surface area contributed by atoms with Crippen molar-refractivity contribution in [2.75, 3.05) is 6.16 Å². The first kappa shape index (κ1) is 13.1. The van der Waals surface area contributed by atoms with E-state index in [1.807, 2.05) is 0 Å². The van der Waals surface area contributed by atoms with Gasteiger partial charge in [0.15, 0.2) is 6.10 Å². The van der Waals surface area contributed by atoms with Crippen LogP contribution in [0.25, 0.3) is 0 Å². The van der Waals surface area contributed by atoms with Crippen LogP contribution in [0.15, 0.2) is 0 Å². The fraction of sp³-hybridized carbons (Fsp3) is 0.600. The number of carbonyl (C=O) groups is 2. The van der Waals surface area contributed by atoms with Crippen molar-refractivity contribution in [1.82, 2.24) is 0 Å². The van der Waals surface area contributed by atoms with Crippen LogP contribution < -0.4 is 0 Å². The molecule has 0 amide bonds. The van der Waals surface area contributed by atoms with Gasteiger partial charge in [0.1, 0.15) is 5.92 Å². The highest BCUT2D eigenvalue weighted by Gasteiger charge is 2.37. The Morgan fingerprint density at radius 1 is 1.14 bits per heavy atom. The Balaban J connectivity index is 4.70. The summed E-state index contributed by atoms with van der Waals surface area (Å²) < 4.78 is 10.4. The lowest BCUT2D eigenvalue weighted by Gasteiger charge is -2.15. The Labute approximate surface area is 78.0 Å². The molecule has 9 heteroatoms. The van der Waals surface area contributed by atoms with Crippen molar-refractivity contribution < 1.29 is 39.3 Å². The third-order valence-corrected chi connectivity index (χ3v) is 2.25. The van der Waals surface area contributed by atoms with Gasteiger partial charge in [-0.2, -0.15) is 0 Å². The van der Waals surface area contributed by atoms with E-state index in [2.05, 4.69) is 0 Å². The normalized spacial score (nSPS) is 15.9. The Kier molecular flexibility index (Phi) is 4.21. The second kappa shape index (κ2) is 4.52. The molecule has 0 aliphatic rings. The second-order valence-corrected chi connectivity index (χ2v) is 4.27. The first-order valence-corrected chi connectivity index (χ1v) is 5.13. The van der Waals surface area contributed by atoms with Gasteiger partial charge in [-0.1, -0.05) is 0 Å². The van der Waals surface area contributed by atoms with Gasteiger partial charge in [-0.15, -0.1) is 0 Å². The number of aliphatic carboxylic acids is 2. The molecule has 5 N–H and O–H groups in total. The summed E-state index contributed by atoms with van der Waals surface area (Å²) in [6.07, 6.45) is -3.55. The fourth-order valence-corrected chi connectivity index (χ4v) is 1.61. The molecule has 2 unspecified atom stereocenters. The SMILES string of the molecule is O=C(O)C(O)C(CP(=O)(O)O)C(=O)O. The summed E-state index contributed by atoms with van der Waals surface area (Å²) in [6.45, 7) is 0. The van der Waals surface area contributed by atoms with Gasteiger partial charge < -0.3 is 25.1 Å². The van der Waals surface area contributed by atoms with Gasteiger partial charge in [-0.05, 0) is 0 Å². The van der Waals surface area contributed by atoms with E-state index in [0.717, 1.165) is 0 Å². The molecule has 0 bridgehead atoms. The zero-order chi connectivity index (χ0) is 11.5. The number of aliphatic hydroxyl groups is 1. The zero-order valence-corrected chi connectivity index (χ0v) is 7.66. The minimum Gasteiger partial charge on any atom is -0.481 e. The van der Waals surface area contributed by atoms with Crippen LogP contribution in [0.2, 0.25) is 0 Å². The molecule has 0 saturated heterocycles. The predicted molar refractivity (Wildman–Crippen MR) is 41.7 cm³/mol. The molecular weight excluding hydrogens is 219 g/mol. The van der Waals surface area contributed by atoms with Crippen LogP contribution in [-0.4, -0.2) is 49.3 Å². The molecule has 0 spiro atoms. The molecule has 0 radical (unpaired) electrons. The monoisotopic (exact) mass is 228 g/mol. The van der Waals surface area contributed by atoms with Crippen LogP contribution in [0.5, 0.6) is 0 Å². The van der Waals surface area contributed by atoms with E-state index in [9.17, 15) is 14.2 Å². The topological polar surface area (TPSA) is 152 Å². The van der Waals surface area contributed by atoms with Gasteiger partial charge in [0.05, 0.1) is 6.16 Å². The molecule has 0 saturated carbocycles. The summed E-state index contributed by atoms with van der Waals surface area (Å²) in [5.41, 5.74) is 0. The van der Waals surface area contributed by atoms with Gasteiger partial charge in [0, 0.05) is 0 Å². The maximum absolute atomic E-state index is 10.4. The Bertz CT molecular complexity index is 279. The van der Waals surface area contributed by atoms with E-state index in [4.69, 9.17) is 25.1 Å². The highest BCUT2D eigenvalue weighted by molar-refractivity contribution is 7.51. The van der Waals surface area contributed by atoms with Gasteiger partial charge in [0.25, 0.3) is 0 Å². The van der Waals surface area contributed by atoms with Crippen LogP contribution >= 0.6 is 7.60 Å². The van der Waals surface area contributed by atoms with E-state index in [1.54, 1.807) is 0 Å². The molecule has 0 aromatic heterocycles. The average molecular weight is 228 g/mol. The summed E-state index contributed by atoms with van der Waals surface area (Å²) in [5, 5.41) is 25.4. The van der Waals surface area contributed by atoms with E-state index >= 15 is 0 Å². The molecule has 0 fully saturated rings. The van der Waals surface area contributed by atoms with Gasteiger partial charge in [-0.25, -0.2) is 4.79 Å². The molecule has 14 heavy (non-hydrogen) atoms. The number of carboxylic acid groups (broad SMARTS) is 2. The first-order chi connectivity index (χ1) is 6.15. The lowest BCUT2D eigenvalue weighted by molar-refractivity contribution is -0.158. The molecule has 82 valence electrons. The van der Waals surface area contributed by atoms with Crippen LogP contribution in [0.4, 0.5) is 0 Å². The maximum atomic E-state index is 10.4. The van der Waals surface area contributed by atoms with E-state index in [-0.39, 0.29) is 0 Å². The van der Waals surface area contributed by atoms with Gasteiger partial charge in [-0.3, -0.25) is 9.36 Å². The molecule has 8 nitrogen and oxygen atoms in total. The molecular formula is C5H9O8P. The fourth-order valence-electron chi connectivity index (χ4n) is 0.741. The number of hydrogen-bond acceptors (Lipinski definition) is 4. The molecule has 0 aromatic carbocycles. The third-order valence-electron chi connectivity index (χ3n) is 1.39. The number of hydrogen-bond donors (Lipinski definition) is 5. The van der Waals surface area contributed by atoms with Crippen molar-refractivity contribution in [1.29, 1.82) is 0 Å². The van der Waals surface area contributed by atoms with Crippen molar-refractivity contribution in [3.05, 3.63) is 0 Å². The lowest BCUT2D eigenvalue weighted by Crippen LogP contribution is -2.37. The summed E-state index contributed by atoms with van der Waals surface area (Å²) in [7, 11) is -4.67. The molecule has 0 aromatic rings. The second-order valence-electron chi connectivity index (χ2n) is 2.58. The first-order valence-electron chi connectivity index (χ1n) is 3.33. The van der Waals surface area contributed by atoms with E-state index in [1.165, 1.54) is 0 Å². The number of carboxylic acids is 2. The molecule has 2 atom stereocenters. The Hall–Kier alpha value is -0.950. The molecule has 0 heterocycles. The van der Waals surface area contributed by atoms with Crippen molar-refractivity contribution in [2.45, 2.75) is 6.10 Å². The predicted octanol–water partition coefficient (Wildman–Crippen LogP) is -1.69. The molecule has 0 aliphatic carbocycles. The summed E-state index contributed by atoms with van der Waals surface area (Å²) in [6, 6.07) is 0. The molecule has 0 rings (SSSR count). The Morgan fingerprint density at radius 3 is 1.79 bits per heavy atom. The summed E-state index contributed by atoms with van der Waals surface area (Å²) >= 11 is 0. The van der Waals surface area contributed by atoms with E-state index < -0.39 is 37.7 Å². The minimum absolute atomic E-state index is 1.21. The van der Waals surface area contributed by atoms with Gasteiger partial charge >= 0.3 is 19.5 Å². The zero-order valence-electron chi connectivity index (χ0n) is 6.77. The van der Waals surface area contributed by atoms with Crippen molar-refractivity contribution in [3.8, 4) is 0 Å². The van der Waals surface area contributed by atoms with Crippen LogP contribution in [0.1, 0.15) is 0 Å². The highest BCUT2D eigenvalue weighted by Crippen LogP contribution is 2.37. The van der Waals surface area contributed by atoms with Crippen molar-refractivity contribution in [2.24, 2.45) is 5.92 Å². The van der Waals surface area contributed by atoms with Crippen molar-refractivity contribution >= 4 is 19.5 Å². The van der Waals surface area contributed by atoms with Crippen molar-refractivity contribution in [3.63, 3.8) is 0 Å². The maximum Gasteiger partial charge on any atom is 0.333 e. The van der Waals surface area contributed by atoms with Crippen LogP contribution in [0.3, 0.4) is 0 Å². The largest absolute Gasteiger partial charge is 0.481 e. The Morgan fingerprint density at radius 2 is 1.57 bits per heavy atom.